The number of pyridine rings is 1. The van der Waals surface area contributed by atoms with Crippen LogP contribution in [0, 0.1) is 5.92 Å². The molecule has 0 aliphatic heterocycles. The van der Waals surface area contributed by atoms with Crippen LogP contribution >= 0.6 is 0 Å². The van der Waals surface area contributed by atoms with Gasteiger partial charge >= 0.3 is 0 Å². The molecule has 1 aromatic carbocycles. The number of benzene rings is 1. The van der Waals surface area contributed by atoms with E-state index in [4.69, 9.17) is 4.74 Å². The first kappa shape index (κ1) is 20.7. The quantitative estimate of drug-likeness (QED) is 0.344. The van der Waals surface area contributed by atoms with Gasteiger partial charge in [0.2, 0.25) is 11.8 Å². The van der Waals surface area contributed by atoms with Crippen LogP contribution in [0.4, 0.5) is 0 Å². The summed E-state index contributed by atoms with van der Waals surface area (Å²) in [5.74, 6) is 1.13. The molecule has 4 nitrogen and oxygen atoms in total. The van der Waals surface area contributed by atoms with E-state index in [2.05, 4.69) is 30.2 Å². The highest BCUT2D eigenvalue weighted by atomic mass is 16.5. The van der Waals surface area contributed by atoms with Crippen LogP contribution in [0.3, 0.4) is 0 Å². The van der Waals surface area contributed by atoms with Crippen LogP contribution in [0.5, 0.6) is 5.88 Å². The highest BCUT2D eigenvalue weighted by Gasteiger charge is 1.99. The Balaban J connectivity index is 1.53. The van der Waals surface area contributed by atoms with Crippen molar-refractivity contribution in [3.8, 4) is 5.88 Å². The Bertz CT molecular complexity index is 766. The van der Waals surface area contributed by atoms with E-state index in [1.807, 2.05) is 42.5 Å². The fourth-order valence-corrected chi connectivity index (χ4v) is 2.53. The molecule has 2 rings (SSSR count). The average Bonchev–Trinajstić information content (AvgIpc) is 2.67. The smallest absolute Gasteiger partial charge is 0.243 e. The molecule has 0 atom stereocenters. The van der Waals surface area contributed by atoms with Crippen molar-refractivity contribution in [2.45, 2.75) is 39.5 Å². The van der Waals surface area contributed by atoms with Crippen molar-refractivity contribution in [3.63, 3.8) is 0 Å². The second kappa shape index (κ2) is 11.9. The Morgan fingerprint density at radius 1 is 1.11 bits per heavy atom. The minimum absolute atomic E-state index is 0.0344. The number of carbonyl (C=O) groups is 1. The second-order valence-corrected chi connectivity index (χ2v) is 6.97. The maximum atomic E-state index is 11.5. The number of para-hydroxylation sites is 1. The molecule has 144 valence electrons. The van der Waals surface area contributed by atoms with Gasteiger partial charge in [-0.05, 0) is 43.7 Å². The zero-order valence-corrected chi connectivity index (χ0v) is 16.4. The lowest BCUT2D eigenvalue weighted by Crippen LogP contribution is -2.25. The van der Waals surface area contributed by atoms with Gasteiger partial charge in [0, 0.05) is 24.1 Å². The van der Waals surface area contributed by atoms with Crippen molar-refractivity contribution in [1.29, 1.82) is 0 Å². The van der Waals surface area contributed by atoms with Crippen LogP contribution < -0.4 is 10.1 Å². The summed E-state index contributed by atoms with van der Waals surface area (Å²) in [6, 6.07) is 12.0. The third-order valence-electron chi connectivity index (χ3n) is 4.02. The van der Waals surface area contributed by atoms with Crippen molar-refractivity contribution >= 4 is 16.8 Å². The van der Waals surface area contributed by atoms with E-state index in [1.54, 1.807) is 12.2 Å². The van der Waals surface area contributed by atoms with Crippen molar-refractivity contribution in [1.82, 2.24) is 10.3 Å². The third-order valence-corrected chi connectivity index (χ3v) is 4.02. The van der Waals surface area contributed by atoms with E-state index < -0.39 is 0 Å². The maximum absolute atomic E-state index is 11.5. The van der Waals surface area contributed by atoms with Gasteiger partial charge in [-0.3, -0.25) is 4.79 Å². The number of allylic oxidation sites excluding steroid dienone is 3. The van der Waals surface area contributed by atoms with Crippen LogP contribution in [0.1, 0.15) is 39.5 Å². The number of rotatable bonds is 11. The number of amides is 1. The second-order valence-electron chi connectivity index (χ2n) is 6.97. The molecule has 27 heavy (non-hydrogen) atoms. The summed E-state index contributed by atoms with van der Waals surface area (Å²) in [6.45, 7) is 5.55. The Morgan fingerprint density at radius 3 is 2.81 bits per heavy atom. The van der Waals surface area contributed by atoms with Crippen LogP contribution in [-0.2, 0) is 4.79 Å². The van der Waals surface area contributed by atoms with E-state index in [0.29, 0.717) is 24.9 Å². The molecule has 0 radical (unpaired) electrons. The highest BCUT2D eigenvalue weighted by molar-refractivity contribution is 5.87. The first-order chi connectivity index (χ1) is 13.1. The zero-order valence-electron chi connectivity index (χ0n) is 16.4. The monoisotopic (exact) mass is 366 g/mol. The number of carbonyl (C=O) groups excluding carboxylic acids is 1. The van der Waals surface area contributed by atoms with Crippen LogP contribution in [0.2, 0.25) is 0 Å². The minimum Gasteiger partial charge on any atom is -0.478 e. The topological polar surface area (TPSA) is 51.2 Å². The van der Waals surface area contributed by atoms with Gasteiger partial charge in [-0.15, -0.1) is 0 Å². The van der Waals surface area contributed by atoms with Crippen LogP contribution in [-0.4, -0.2) is 24.0 Å². The third kappa shape index (κ3) is 8.54. The van der Waals surface area contributed by atoms with Crippen LogP contribution in [0.25, 0.3) is 10.9 Å². The summed E-state index contributed by atoms with van der Waals surface area (Å²) in [7, 11) is 0. The van der Waals surface area contributed by atoms with E-state index >= 15 is 0 Å². The molecule has 0 bridgehead atoms. The fraction of sp³-hybridized carbons (Fsp3) is 0.391. The summed E-state index contributed by atoms with van der Waals surface area (Å²) in [5, 5.41) is 3.98. The molecule has 1 aromatic heterocycles. The molecule has 1 N–H and O–H groups in total. The number of hydrogen-bond acceptors (Lipinski definition) is 3. The molecular weight excluding hydrogens is 336 g/mol. The lowest BCUT2D eigenvalue weighted by molar-refractivity contribution is -0.116. The van der Waals surface area contributed by atoms with Gasteiger partial charge in [0.1, 0.15) is 0 Å². The lowest BCUT2D eigenvalue weighted by Gasteiger charge is -2.06. The Labute approximate surface area is 162 Å². The van der Waals surface area contributed by atoms with Gasteiger partial charge < -0.3 is 10.1 Å². The van der Waals surface area contributed by atoms with E-state index in [-0.39, 0.29) is 5.91 Å². The van der Waals surface area contributed by atoms with Crippen molar-refractivity contribution < 1.29 is 9.53 Å². The molecule has 0 fully saturated rings. The minimum atomic E-state index is -0.0344. The number of ether oxygens (including phenoxy) is 1. The lowest BCUT2D eigenvalue weighted by atomic mass is 10.2. The van der Waals surface area contributed by atoms with Crippen molar-refractivity contribution in [2.75, 3.05) is 13.2 Å². The van der Waals surface area contributed by atoms with Gasteiger partial charge in [-0.25, -0.2) is 4.98 Å². The molecule has 2 aromatic rings. The first-order valence-corrected chi connectivity index (χ1v) is 9.75. The van der Waals surface area contributed by atoms with Crippen LogP contribution in [0.15, 0.2) is 60.7 Å². The molecule has 0 unspecified atom stereocenters. The zero-order chi connectivity index (χ0) is 19.3. The van der Waals surface area contributed by atoms with Gasteiger partial charge in [-0.1, -0.05) is 50.3 Å². The molecule has 4 heteroatoms. The molecular formula is C23H30N2O2. The molecule has 0 spiro atoms. The number of nitrogens with one attached hydrogen (secondary N) is 1. The highest BCUT2D eigenvalue weighted by Crippen LogP contribution is 2.16. The summed E-state index contributed by atoms with van der Waals surface area (Å²) in [5.41, 5.74) is 0.964. The van der Waals surface area contributed by atoms with Gasteiger partial charge in [-0.2, -0.15) is 0 Å². The standard InChI is InChI=1S/C23H30N2O2/c1-19(2)18-24-22(26)14-8-6-4-3-5-7-11-17-27-23-16-15-20-12-9-10-13-21(20)25-23/h4,6,8-10,12-16,19H,3,5,7,11,17-18H2,1-2H3,(H,24,26)/b6-4+,14-8+. The summed E-state index contributed by atoms with van der Waals surface area (Å²) < 4.78 is 5.74. The fourth-order valence-electron chi connectivity index (χ4n) is 2.53. The largest absolute Gasteiger partial charge is 0.478 e. The number of fused-ring (bicyclic) bond motifs is 1. The van der Waals surface area contributed by atoms with Crippen molar-refractivity contribution in [2.24, 2.45) is 5.92 Å². The van der Waals surface area contributed by atoms with Gasteiger partial charge in [0.05, 0.1) is 12.1 Å². The molecule has 0 saturated heterocycles. The van der Waals surface area contributed by atoms with E-state index in [9.17, 15) is 4.79 Å². The SMILES string of the molecule is CC(C)CNC(=O)/C=C/C=C/CCCCCOc1ccc2ccccc2n1. The Hall–Kier alpha value is -2.62. The number of unbranched alkanes of at least 4 members (excludes halogenated alkanes) is 3. The average molecular weight is 367 g/mol. The molecule has 1 amide bonds. The first-order valence-electron chi connectivity index (χ1n) is 9.75. The number of nitrogens with zero attached hydrogens (tertiary/aromatic N) is 1. The Morgan fingerprint density at radius 2 is 1.96 bits per heavy atom. The summed E-state index contributed by atoms with van der Waals surface area (Å²) in [6.07, 6.45) is 11.6. The summed E-state index contributed by atoms with van der Waals surface area (Å²) >= 11 is 0. The predicted octanol–water partition coefficient (Wildman–Crippen LogP) is 5.06. The van der Waals surface area contributed by atoms with E-state index in [1.165, 1.54) is 0 Å². The van der Waals surface area contributed by atoms with E-state index in [0.717, 1.165) is 36.6 Å². The van der Waals surface area contributed by atoms with Gasteiger partial charge in [0.25, 0.3) is 0 Å². The normalized spacial score (nSPS) is 11.7. The summed E-state index contributed by atoms with van der Waals surface area (Å²) in [4.78, 5) is 16.0. The Kier molecular flexibility index (Phi) is 9.11. The molecule has 1 heterocycles. The number of aromatic nitrogens is 1. The van der Waals surface area contributed by atoms with Crippen molar-refractivity contribution in [3.05, 3.63) is 60.7 Å². The molecule has 0 saturated carbocycles. The maximum Gasteiger partial charge on any atom is 0.243 e. The number of hydrogen-bond donors (Lipinski definition) is 1. The molecule has 0 aliphatic rings. The van der Waals surface area contributed by atoms with Gasteiger partial charge in [0.15, 0.2) is 0 Å². The predicted molar refractivity (Wildman–Crippen MR) is 112 cm³/mol. The molecule has 0 aliphatic carbocycles.